The number of aryl methyl sites for hydroxylation is 2. The molecule has 0 aliphatic rings. The van der Waals surface area contributed by atoms with Gasteiger partial charge in [0.05, 0.1) is 5.69 Å². The fraction of sp³-hybridized carbons (Fsp3) is 0.308. The highest BCUT2D eigenvalue weighted by Crippen LogP contribution is 2.23. The van der Waals surface area contributed by atoms with E-state index >= 15 is 0 Å². The monoisotopic (exact) mass is 295 g/mol. The lowest BCUT2D eigenvalue weighted by Crippen LogP contribution is -2.28. The van der Waals surface area contributed by atoms with Crippen molar-refractivity contribution < 1.29 is 12.8 Å². The number of nitrogens with one attached hydrogen (secondary N) is 1. The van der Waals surface area contributed by atoms with Crippen molar-refractivity contribution in [1.82, 2.24) is 9.71 Å². The summed E-state index contributed by atoms with van der Waals surface area (Å²) in [5.74, 6) is 1.42. The summed E-state index contributed by atoms with van der Waals surface area (Å²) in [4.78, 5) is 3.83. The Kier molecular flexibility index (Phi) is 3.82. The minimum atomic E-state index is -3.77. The van der Waals surface area contributed by atoms with Crippen LogP contribution in [0.2, 0.25) is 0 Å². The lowest BCUT2D eigenvalue weighted by Gasteiger charge is -2.14. The lowest BCUT2D eigenvalue weighted by atomic mass is 10.1. The van der Waals surface area contributed by atoms with E-state index in [9.17, 15) is 8.42 Å². The van der Waals surface area contributed by atoms with Gasteiger partial charge in [-0.1, -0.05) is 0 Å². The summed E-state index contributed by atoms with van der Waals surface area (Å²) >= 11 is 0. The van der Waals surface area contributed by atoms with E-state index in [1.807, 2.05) is 13.0 Å². The number of anilines is 1. The van der Waals surface area contributed by atoms with Gasteiger partial charge in [0.25, 0.3) is 10.0 Å². The van der Waals surface area contributed by atoms with Gasteiger partial charge in [0.2, 0.25) is 0 Å². The van der Waals surface area contributed by atoms with Crippen LogP contribution < -0.4 is 10.5 Å². The second kappa shape index (κ2) is 5.26. The summed E-state index contributed by atoms with van der Waals surface area (Å²) in [6.45, 7) is 5.35. The molecule has 0 bridgehead atoms. The van der Waals surface area contributed by atoms with E-state index in [4.69, 9.17) is 10.2 Å². The molecule has 0 saturated heterocycles. The fourth-order valence-corrected chi connectivity index (χ4v) is 3.34. The van der Waals surface area contributed by atoms with Gasteiger partial charge in [-0.3, -0.25) is 0 Å². The highest BCUT2D eigenvalue weighted by molar-refractivity contribution is 7.89. The maximum absolute atomic E-state index is 12.3. The van der Waals surface area contributed by atoms with Crippen LogP contribution in [0.4, 0.5) is 5.69 Å². The number of aromatic nitrogens is 1. The number of sulfonamides is 1. The molecule has 0 saturated carbocycles. The molecule has 0 radical (unpaired) electrons. The van der Waals surface area contributed by atoms with Gasteiger partial charge in [-0.15, -0.1) is 0 Å². The SMILES string of the molecule is Cc1cc(C(C)NS(=O)(=O)c2ncccc2N)c(C)o1. The number of nitrogens with two attached hydrogens (primary N) is 1. The molecule has 0 spiro atoms. The largest absolute Gasteiger partial charge is 0.466 e. The maximum atomic E-state index is 12.3. The van der Waals surface area contributed by atoms with E-state index < -0.39 is 16.1 Å². The van der Waals surface area contributed by atoms with Crippen LogP contribution in [0.25, 0.3) is 0 Å². The number of furan rings is 1. The van der Waals surface area contributed by atoms with Crippen LogP contribution in [-0.2, 0) is 10.0 Å². The van der Waals surface area contributed by atoms with Gasteiger partial charge in [-0.2, -0.15) is 0 Å². The highest BCUT2D eigenvalue weighted by atomic mass is 32.2. The lowest BCUT2D eigenvalue weighted by molar-refractivity contribution is 0.496. The summed E-state index contributed by atoms with van der Waals surface area (Å²) in [5.41, 5.74) is 6.56. The Morgan fingerprint density at radius 3 is 2.65 bits per heavy atom. The van der Waals surface area contributed by atoms with E-state index in [0.29, 0.717) is 5.76 Å². The zero-order valence-corrected chi connectivity index (χ0v) is 12.4. The van der Waals surface area contributed by atoms with E-state index in [2.05, 4.69) is 9.71 Å². The van der Waals surface area contributed by atoms with Crippen molar-refractivity contribution in [2.75, 3.05) is 5.73 Å². The van der Waals surface area contributed by atoms with Crippen molar-refractivity contribution in [1.29, 1.82) is 0 Å². The molecule has 0 aromatic carbocycles. The normalized spacial score (nSPS) is 13.3. The molecule has 2 rings (SSSR count). The molecule has 6 nitrogen and oxygen atoms in total. The van der Waals surface area contributed by atoms with Gasteiger partial charge in [0.1, 0.15) is 11.5 Å². The standard InChI is InChI=1S/C13H17N3O3S/c1-8-7-11(10(3)19-8)9(2)16-20(17,18)13-12(14)5-4-6-15-13/h4-7,9,16H,14H2,1-3H3. The maximum Gasteiger partial charge on any atom is 0.260 e. The first-order valence-corrected chi connectivity index (χ1v) is 7.59. The summed E-state index contributed by atoms with van der Waals surface area (Å²) < 4.78 is 32.5. The molecule has 2 heterocycles. The van der Waals surface area contributed by atoms with Crippen molar-refractivity contribution in [3.05, 3.63) is 41.5 Å². The van der Waals surface area contributed by atoms with Crippen LogP contribution >= 0.6 is 0 Å². The van der Waals surface area contributed by atoms with Crippen LogP contribution in [0.1, 0.15) is 30.0 Å². The Hall–Kier alpha value is -1.86. The molecule has 0 amide bonds. The number of pyridine rings is 1. The Labute approximate surface area is 118 Å². The van der Waals surface area contributed by atoms with Crippen molar-refractivity contribution in [2.45, 2.75) is 31.8 Å². The van der Waals surface area contributed by atoms with Gasteiger partial charge >= 0.3 is 0 Å². The quantitative estimate of drug-likeness (QED) is 0.897. The predicted octanol–water partition coefficient (Wildman–Crippen LogP) is 1.91. The van der Waals surface area contributed by atoms with E-state index in [-0.39, 0.29) is 10.7 Å². The third-order valence-electron chi connectivity index (χ3n) is 2.93. The third-order valence-corrected chi connectivity index (χ3v) is 4.45. The molecule has 0 aliphatic heterocycles. The molecule has 1 unspecified atom stereocenters. The number of nitrogens with zero attached hydrogens (tertiary/aromatic N) is 1. The third kappa shape index (κ3) is 2.83. The van der Waals surface area contributed by atoms with E-state index in [0.717, 1.165) is 11.3 Å². The summed E-state index contributed by atoms with van der Waals surface area (Å²) in [6.07, 6.45) is 1.39. The van der Waals surface area contributed by atoms with Crippen molar-refractivity contribution in [3.63, 3.8) is 0 Å². The first-order valence-electron chi connectivity index (χ1n) is 6.11. The van der Waals surface area contributed by atoms with Crippen LogP contribution in [0.5, 0.6) is 0 Å². The van der Waals surface area contributed by atoms with Gasteiger partial charge in [-0.25, -0.2) is 18.1 Å². The summed E-state index contributed by atoms with van der Waals surface area (Å²) in [7, 11) is -3.77. The van der Waals surface area contributed by atoms with Crippen LogP contribution in [0, 0.1) is 13.8 Å². The van der Waals surface area contributed by atoms with Crippen molar-refractivity contribution >= 4 is 15.7 Å². The summed E-state index contributed by atoms with van der Waals surface area (Å²) in [6, 6.07) is 4.46. The Morgan fingerprint density at radius 1 is 1.40 bits per heavy atom. The van der Waals surface area contributed by atoms with E-state index in [1.165, 1.54) is 12.3 Å². The molecular formula is C13H17N3O3S. The molecule has 2 aromatic heterocycles. The Bertz CT molecular complexity index is 722. The second-order valence-electron chi connectivity index (χ2n) is 4.61. The Morgan fingerprint density at radius 2 is 2.10 bits per heavy atom. The zero-order chi connectivity index (χ0) is 14.9. The molecule has 0 fully saturated rings. The van der Waals surface area contributed by atoms with Crippen LogP contribution in [0.15, 0.2) is 33.8 Å². The molecule has 0 aliphatic carbocycles. The molecular weight excluding hydrogens is 278 g/mol. The highest BCUT2D eigenvalue weighted by Gasteiger charge is 2.23. The average Bonchev–Trinajstić information content (AvgIpc) is 2.68. The van der Waals surface area contributed by atoms with Gasteiger partial charge in [-0.05, 0) is 39.0 Å². The number of hydrogen-bond acceptors (Lipinski definition) is 5. The second-order valence-corrected chi connectivity index (χ2v) is 6.24. The number of hydrogen-bond donors (Lipinski definition) is 2. The van der Waals surface area contributed by atoms with Gasteiger partial charge < -0.3 is 10.2 Å². The first-order chi connectivity index (χ1) is 9.31. The Balaban J connectivity index is 2.29. The smallest absolute Gasteiger partial charge is 0.260 e. The number of rotatable bonds is 4. The van der Waals surface area contributed by atoms with Crippen LogP contribution in [0.3, 0.4) is 0 Å². The molecule has 108 valence electrons. The van der Waals surface area contributed by atoms with Crippen molar-refractivity contribution in [3.8, 4) is 0 Å². The van der Waals surface area contributed by atoms with Crippen LogP contribution in [-0.4, -0.2) is 13.4 Å². The predicted molar refractivity (Wildman–Crippen MR) is 75.6 cm³/mol. The minimum absolute atomic E-state index is 0.118. The molecule has 20 heavy (non-hydrogen) atoms. The minimum Gasteiger partial charge on any atom is -0.466 e. The van der Waals surface area contributed by atoms with Gasteiger partial charge in [0.15, 0.2) is 5.03 Å². The number of nitrogen functional groups attached to an aromatic ring is 1. The molecule has 2 aromatic rings. The van der Waals surface area contributed by atoms with Crippen molar-refractivity contribution in [2.24, 2.45) is 0 Å². The zero-order valence-electron chi connectivity index (χ0n) is 11.5. The summed E-state index contributed by atoms with van der Waals surface area (Å²) in [5, 5.41) is -0.162. The van der Waals surface area contributed by atoms with Gasteiger partial charge in [0, 0.05) is 17.8 Å². The molecule has 1 atom stereocenters. The van der Waals surface area contributed by atoms with E-state index in [1.54, 1.807) is 19.9 Å². The average molecular weight is 295 g/mol. The first kappa shape index (κ1) is 14.5. The molecule has 7 heteroatoms. The molecule has 3 N–H and O–H groups in total. The fourth-order valence-electron chi connectivity index (χ4n) is 2.06. The topological polar surface area (TPSA) is 98.2 Å².